The standard InChI is InChI=1S/C22H22N4O4/c23-22(24)16-7-10-17(11-8-16)25-19(27)12-13-20(28)26-18(14-21(29)30)9-6-15-4-2-1-3-5-15/h1-5,7-8,10-11,18H,12-14H2,(H3,23,24)(H,25,27)(H,26,28)(H,29,30). The molecule has 0 radical (unpaired) electrons. The van der Waals surface area contributed by atoms with Crippen LogP contribution in [0.4, 0.5) is 5.69 Å². The van der Waals surface area contributed by atoms with Crippen LogP contribution in [-0.2, 0) is 14.4 Å². The number of carbonyl (C=O) groups excluding carboxylic acids is 2. The number of hydrogen-bond acceptors (Lipinski definition) is 4. The summed E-state index contributed by atoms with van der Waals surface area (Å²) >= 11 is 0. The molecule has 2 aromatic rings. The molecular formula is C22H22N4O4. The number of carboxylic acid groups (broad SMARTS) is 1. The molecule has 0 fully saturated rings. The highest BCUT2D eigenvalue weighted by Crippen LogP contribution is 2.10. The molecule has 2 rings (SSSR count). The van der Waals surface area contributed by atoms with E-state index in [1.54, 1.807) is 48.5 Å². The Labute approximate surface area is 174 Å². The van der Waals surface area contributed by atoms with Crippen molar-refractivity contribution in [2.45, 2.75) is 25.3 Å². The highest BCUT2D eigenvalue weighted by atomic mass is 16.4. The van der Waals surface area contributed by atoms with Gasteiger partial charge in [-0.25, -0.2) is 0 Å². The number of amidine groups is 1. The van der Waals surface area contributed by atoms with Gasteiger partial charge in [0.25, 0.3) is 0 Å². The van der Waals surface area contributed by atoms with E-state index in [-0.39, 0.29) is 31.0 Å². The molecule has 0 aliphatic heterocycles. The third-order valence-corrected chi connectivity index (χ3v) is 3.94. The number of nitrogen functional groups attached to an aromatic ring is 1. The minimum atomic E-state index is -1.09. The smallest absolute Gasteiger partial charge is 0.306 e. The molecule has 0 aliphatic carbocycles. The van der Waals surface area contributed by atoms with Gasteiger partial charge >= 0.3 is 5.97 Å². The van der Waals surface area contributed by atoms with E-state index in [9.17, 15) is 14.4 Å². The SMILES string of the molecule is N=C(N)c1ccc(NC(=O)CCC(=O)NC(C#Cc2ccccc2)CC(=O)O)cc1. The predicted octanol–water partition coefficient (Wildman–Crippen LogP) is 1.70. The van der Waals surface area contributed by atoms with Crippen molar-refractivity contribution < 1.29 is 19.5 Å². The van der Waals surface area contributed by atoms with Crippen LogP contribution in [0.25, 0.3) is 0 Å². The first kappa shape index (κ1) is 22.2. The van der Waals surface area contributed by atoms with Crippen LogP contribution in [0.1, 0.15) is 30.4 Å². The number of carboxylic acids is 1. The lowest BCUT2D eigenvalue weighted by Gasteiger charge is -2.11. The molecule has 2 amide bonds. The van der Waals surface area contributed by atoms with Crippen LogP contribution in [0.3, 0.4) is 0 Å². The first-order valence-corrected chi connectivity index (χ1v) is 9.15. The highest BCUT2D eigenvalue weighted by molar-refractivity contribution is 5.96. The van der Waals surface area contributed by atoms with Crippen LogP contribution in [0.2, 0.25) is 0 Å². The third kappa shape index (κ3) is 7.86. The highest BCUT2D eigenvalue weighted by Gasteiger charge is 2.15. The molecule has 30 heavy (non-hydrogen) atoms. The second-order valence-electron chi connectivity index (χ2n) is 6.39. The number of rotatable bonds is 8. The summed E-state index contributed by atoms with van der Waals surface area (Å²) in [5.41, 5.74) is 7.13. The third-order valence-electron chi connectivity index (χ3n) is 3.94. The van der Waals surface area contributed by atoms with Crippen molar-refractivity contribution in [1.29, 1.82) is 5.41 Å². The van der Waals surface area contributed by atoms with E-state index in [4.69, 9.17) is 16.2 Å². The first-order chi connectivity index (χ1) is 14.3. The lowest BCUT2D eigenvalue weighted by molar-refractivity contribution is -0.137. The summed E-state index contributed by atoms with van der Waals surface area (Å²) in [6.07, 6.45) is -0.535. The number of amides is 2. The molecule has 8 nitrogen and oxygen atoms in total. The molecule has 0 bridgehead atoms. The summed E-state index contributed by atoms with van der Waals surface area (Å²) in [6, 6.07) is 14.6. The first-order valence-electron chi connectivity index (χ1n) is 9.15. The van der Waals surface area contributed by atoms with Gasteiger partial charge in [-0.05, 0) is 36.4 Å². The summed E-state index contributed by atoms with van der Waals surface area (Å²) in [5, 5.41) is 21.6. The van der Waals surface area contributed by atoms with Crippen molar-refractivity contribution >= 4 is 29.3 Å². The largest absolute Gasteiger partial charge is 0.481 e. The summed E-state index contributed by atoms with van der Waals surface area (Å²) in [5.74, 6) is 3.59. The molecule has 0 saturated carbocycles. The zero-order valence-electron chi connectivity index (χ0n) is 16.1. The van der Waals surface area contributed by atoms with E-state index in [1.807, 2.05) is 6.07 Å². The van der Waals surface area contributed by atoms with E-state index in [2.05, 4.69) is 22.5 Å². The van der Waals surface area contributed by atoms with Gasteiger partial charge in [0.2, 0.25) is 11.8 Å². The second-order valence-corrected chi connectivity index (χ2v) is 6.39. The quantitative estimate of drug-likeness (QED) is 0.257. The molecule has 1 atom stereocenters. The van der Waals surface area contributed by atoms with E-state index in [0.717, 1.165) is 0 Å². The average molecular weight is 406 g/mol. The molecule has 0 aromatic heterocycles. The maximum atomic E-state index is 12.1. The van der Waals surface area contributed by atoms with Gasteiger partial charge < -0.3 is 21.5 Å². The van der Waals surface area contributed by atoms with Crippen molar-refractivity contribution in [3.8, 4) is 11.8 Å². The Morgan fingerprint density at radius 3 is 2.23 bits per heavy atom. The van der Waals surface area contributed by atoms with Crippen LogP contribution in [0.15, 0.2) is 54.6 Å². The Morgan fingerprint density at radius 2 is 1.63 bits per heavy atom. The molecule has 6 N–H and O–H groups in total. The lowest BCUT2D eigenvalue weighted by Crippen LogP contribution is -2.35. The molecule has 2 aromatic carbocycles. The molecule has 0 heterocycles. The molecule has 1 unspecified atom stereocenters. The van der Waals surface area contributed by atoms with Gasteiger partial charge in [0, 0.05) is 29.7 Å². The fourth-order valence-electron chi connectivity index (χ4n) is 2.45. The Morgan fingerprint density at radius 1 is 1.00 bits per heavy atom. The zero-order valence-corrected chi connectivity index (χ0v) is 16.1. The monoisotopic (exact) mass is 406 g/mol. The van der Waals surface area contributed by atoms with Gasteiger partial charge in [0.05, 0.1) is 6.42 Å². The second kappa shape index (κ2) is 11.0. The molecule has 8 heteroatoms. The minimum Gasteiger partial charge on any atom is -0.481 e. The van der Waals surface area contributed by atoms with Crippen LogP contribution >= 0.6 is 0 Å². The minimum absolute atomic E-state index is 0.0733. The van der Waals surface area contributed by atoms with Crippen molar-refractivity contribution in [3.05, 3.63) is 65.7 Å². The van der Waals surface area contributed by atoms with Gasteiger partial charge in [-0.15, -0.1) is 0 Å². The number of anilines is 1. The maximum absolute atomic E-state index is 12.1. The Balaban J connectivity index is 1.87. The zero-order chi connectivity index (χ0) is 21.9. The van der Waals surface area contributed by atoms with Gasteiger partial charge in [-0.1, -0.05) is 30.0 Å². The van der Waals surface area contributed by atoms with Crippen LogP contribution < -0.4 is 16.4 Å². The molecule has 0 saturated heterocycles. The fraction of sp³-hybridized carbons (Fsp3) is 0.182. The number of carbonyl (C=O) groups is 3. The lowest BCUT2D eigenvalue weighted by atomic mass is 10.1. The maximum Gasteiger partial charge on any atom is 0.306 e. The summed E-state index contributed by atoms with van der Waals surface area (Å²) in [4.78, 5) is 35.2. The predicted molar refractivity (Wildman–Crippen MR) is 113 cm³/mol. The Hall–Kier alpha value is -4.12. The van der Waals surface area contributed by atoms with Crippen LogP contribution in [-0.4, -0.2) is 34.8 Å². The normalized spacial score (nSPS) is 10.8. The summed E-state index contributed by atoms with van der Waals surface area (Å²) in [6.45, 7) is 0. The van der Waals surface area contributed by atoms with E-state index in [0.29, 0.717) is 16.8 Å². The van der Waals surface area contributed by atoms with Crippen molar-refractivity contribution in [2.75, 3.05) is 5.32 Å². The average Bonchev–Trinajstić information content (AvgIpc) is 2.71. The number of aliphatic carboxylic acids is 1. The van der Waals surface area contributed by atoms with Crippen LogP contribution in [0, 0.1) is 17.3 Å². The number of nitrogens with two attached hydrogens (primary N) is 1. The summed E-state index contributed by atoms with van der Waals surface area (Å²) < 4.78 is 0. The Kier molecular flexibility index (Phi) is 8.15. The molecule has 0 aliphatic rings. The molecule has 0 spiro atoms. The van der Waals surface area contributed by atoms with E-state index in [1.165, 1.54) is 0 Å². The number of hydrogen-bond donors (Lipinski definition) is 5. The van der Waals surface area contributed by atoms with Crippen molar-refractivity contribution in [3.63, 3.8) is 0 Å². The number of benzene rings is 2. The van der Waals surface area contributed by atoms with Gasteiger partial charge in [-0.3, -0.25) is 19.8 Å². The fourth-order valence-corrected chi connectivity index (χ4v) is 2.45. The van der Waals surface area contributed by atoms with Gasteiger partial charge in [0.15, 0.2) is 0 Å². The van der Waals surface area contributed by atoms with Crippen molar-refractivity contribution in [2.24, 2.45) is 5.73 Å². The van der Waals surface area contributed by atoms with E-state index < -0.39 is 17.9 Å². The van der Waals surface area contributed by atoms with Gasteiger partial charge in [0.1, 0.15) is 11.9 Å². The molecule has 154 valence electrons. The Bertz CT molecular complexity index is 976. The topological polar surface area (TPSA) is 145 Å². The van der Waals surface area contributed by atoms with Crippen molar-refractivity contribution in [1.82, 2.24) is 5.32 Å². The summed E-state index contributed by atoms with van der Waals surface area (Å²) in [7, 11) is 0. The van der Waals surface area contributed by atoms with Gasteiger partial charge in [-0.2, -0.15) is 0 Å². The number of nitrogens with one attached hydrogen (secondary N) is 3. The van der Waals surface area contributed by atoms with E-state index >= 15 is 0 Å². The van der Waals surface area contributed by atoms with Crippen LogP contribution in [0.5, 0.6) is 0 Å². The molecular weight excluding hydrogens is 384 g/mol.